The van der Waals surface area contributed by atoms with Gasteiger partial charge in [-0.1, -0.05) is 18.2 Å². The maximum Gasteiger partial charge on any atom is 0.166 e. The maximum atomic E-state index is 13.4. The zero-order valence-corrected chi connectivity index (χ0v) is 15.4. The van der Waals surface area contributed by atoms with E-state index >= 15 is 0 Å². The van der Waals surface area contributed by atoms with Crippen molar-refractivity contribution in [3.8, 4) is 22.9 Å². The number of nitrogens with two attached hydrogens (primary N) is 1. The van der Waals surface area contributed by atoms with E-state index in [1.807, 2.05) is 37.4 Å². The van der Waals surface area contributed by atoms with Gasteiger partial charge in [0, 0.05) is 28.2 Å². The Morgan fingerprint density at radius 1 is 1.14 bits per heavy atom. The largest absolute Gasteiger partial charge is 0.383 e. The Balaban J connectivity index is 1.91. The number of aryl methyl sites for hydroxylation is 1. The van der Waals surface area contributed by atoms with E-state index in [-0.39, 0.29) is 11.6 Å². The molecule has 0 atom stereocenters. The van der Waals surface area contributed by atoms with Crippen LogP contribution in [0.2, 0.25) is 0 Å². The minimum absolute atomic E-state index is 0.128. The molecule has 5 rings (SSSR count). The number of nitrogens with one attached hydrogen (secondary N) is 1. The molecule has 5 aromatic rings. The van der Waals surface area contributed by atoms with Gasteiger partial charge in [0.2, 0.25) is 0 Å². The molecule has 3 heterocycles. The Labute approximate surface area is 165 Å². The molecule has 0 bridgehead atoms. The number of H-pyrrole nitrogens is 1. The van der Waals surface area contributed by atoms with Gasteiger partial charge in [0.15, 0.2) is 5.65 Å². The molecule has 0 radical (unpaired) electrons. The number of hydrogen-bond acceptors (Lipinski definition) is 4. The van der Waals surface area contributed by atoms with Gasteiger partial charge in [-0.2, -0.15) is 10.4 Å². The molecule has 0 spiro atoms. The van der Waals surface area contributed by atoms with Crippen molar-refractivity contribution in [1.82, 2.24) is 19.7 Å². The smallest absolute Gasteiger partial charge is 0.166 e. The molecule has 0 aliphatic carbocycles. The van der Waals surface area contributed by atoms with E-state index in [0.717, 1.165) is 21.9 Å². The van der Waals surface area contributed by atoms with Crippen molar-refractivity contribution < 1.29 is 4.39 Å². The maximum absolute atomic E-state index is 13.4. The molecular formula is C22H15FN6. The van der Waals surface area contributed by atoms with Crippen LogP contribution < -0.4 is 5.73 Å². The fourth-order valence-electron chi connectivity index (χ4n) is 3.76. The molecule has 0 saturated carbocycles. The zero-order valence-electron chi connectivity index (χ0n) is 15.4. The van der Waals surface area contributed by atoms with E-state index in [0.29, 0.717) is 28.2 Å². The number of nitriles is 1. The van der Waals surface area contributed by atoms with Crippen molar-refractivity contribution in [3.05, 3.63) is 71.8 Å². The number of fused-ring (bicyclic) bond motifs is 2. The summed E-state index contributed by atoms with van der Waals surface area (Å²) in [7, 11) is 0. The molecule has 2 aromatic carbocycles. The normalized spacial score (nSPS) is 11.2. The lowest BCUT2D eigenvalue weighted by Crippen LogP contribution is -2.02. The number of aromatic nitrogens is 4. The van der Waals surface area contributed by atoms with Crippen LogP contribution in [0.25, 0.3) is 38.8 Å². The van der Waals surface area contributed by atoms with Crippen LogP contribution >= 0.6 is 0 Å². The summed E-state index contributed by atoms with van der Waals surface area (Å²) in [5.41, 5.74) is 10.9. The molecule has 7 heteroatoms. The first-order chi connectivity index (χ1) is 14.1. The third-order valence-corrected chi connectivity index (χ3v) is 5.06. The molecule has 29 heavy (non-hydrogen) atoms. The van der Waals surface area contributed by atoms with E-state index in [9.17, 15) is 9.65 Å². The minimum Gasteiger partial charge on any atom is -0.383 e. The van der Waals surface area contributed by atoms with Crippen LogP contribution in [0.4, 0.5) is 10.2 Å². The predicted molar refractivity (Wildman–Crippen MR) is 110 cm³/mol. The number of rotatable bonds is 2. The standard InChI is InChI=1S/C22H15FN6/c1-12-19-20(17-11-26-18-5-3-2-4-15(17)18)16(10-24)21(25)27-22(19)29(28-12)14-8-6-13(23)7-9-14/h2-9,11,26H,1H3,(H2,25,27). The molecule has 3 N–H and O–H groups in total. The summed E-state index contributed by atoms with van der Waals surface area (Å²) >= 11 is 0. The number of pyridine rings is 1. The Hall–Kier alpha value is -4.18. The molecule has 0 aliphatic rings. The molecule has 0 saturated heterocycles. The summed E-state index contributed by atoms with van der Waals surface area (Å²) in [6, 6.07) is 16.1. The molecule has 0 unspecified atom stereocenters. The van der Waals surface area contributed by atoms with Crippen molar-refractivity contribution in [2.24, 2.45) is 0 Å². The number of anilines is 1. The average Bonchev–Trinajstić information content (AvgIpc) is 3.29. The highest BCUT2D eigenvalue weighted by molar-refractivity contribution is 6.07. The number of halogens is 1. The van der Waals surface area contributed by atoms with Gasteiger partial charge in [0.05, 0.1) is 16.8 Å². The number of aromatic amines is 1. The van der Waals surface area contributed by atoms with Crippen molar-refractivity contribution in [1.29, 1.82) is 5.26 Å². The third kappa shape index (κ3) is 2.47. The third-order valence-electron chi connectivity index (χ3n) is 5.06. The second-order valence-corrected chi connectivity index (χ2v) is 6.78. The summed E-state index contributed by atoms with van der Waals surface area (Å²) in [6.45, 7) is 1.86. The first-order valence-electron chi connectivity index (χ1n) is 9.00. The SMILES string of the molecule is Cc1nn(-c2ccc(F)cc2)c2nc(N)c(C#N)c(-c3c[nH]c4ccccc34)c12. The molecule has 0 fully saturated rings. The fraction of sp³-hybridized carbons (Fsp3) is 0.0455. The number of hydrogen-bond donors (Lipinski definition) is 2. The Morgan fingerprint density at radius 3 is 2.66 bits per heavy atom. The van der Waals surface area contributed by atoms with Crippen LogP contribution in [-0.4, -0.2) is 19.7 Å². The molecular weight excluding hydrogens is 367 g/mol. The van der Waals surface area contributed by atoms with Gasteiger partial charge < -0.3 is 10.7 Å². The zero-order chi connectivity index (χ0) is 20.1. The van der Waals surface area contributed by atoms with Crippen LogP contribution in [0.3, 0.4) is 0 Å². The molecule has 0 amide bonds. The number of para-hydroxylation sites is 1. The Kier molecular flexibility index (Phi) is 3.61. The van der Waals surface area contributed by atoms with Gasteiger partial charge in [0.25, 0.3) is 0 Å². The second kappa shape index (κ2) is 6.17. The first kappa shape index (κ1) is 17.0. The van der Waals surface area contributed by atoms with Crippen molar-refractivity contribution >= 4 is 27.8 Å². The van der Waals surface area contributed by atoms with Crippen LogP contribution in [0, 0.1) is 24.1 Å². The summed E-state index contributed by atoms with van der Waals surface area (Å²) in [5, 5.41) is 16.2. The van der Waals surface area contributed by atoms with E-state index in [2.05, 4.69) is 21.1 Å². The van der Waals surface area contributed by atoms with E-state index in [1.54, 1.807) is 16.8 Å². The van der Waals surface area contributed by atoms with Gasteiger partial charge >= 0.3 is 0 Å². The Bertz CT molecular complexity index is 1440. The van der Waals surface area contributed by atoms with Crippen LogP contribution in [0.5, 0.6) is 0 Å². The van der Waals surface area contributed by atoms with E-state index in [1.165, 1.54) is 12.1 Å². The summed E-state index contributed by atoms with van der Waals surface area (Å²) in [5.74, 6) is -0.204. The summed E-state index contributed by atoms with van der Waals surface area (Å²) in [6.07, 6.45) is 1.87. The second-order valence-electron chi connectivity index (χ2n) is 6.78. The van der Waals surface area contributed by atoms with E-state index < -0.39 is 0 Å². The first-order valence-corrected chi connectivity index (χ1v) is 9.00. The number of nitrogens with zero attached hydrogens (tertiary/aromatic N) is 4. The van der Waals surface area contributed by atoms with Crippen molar-refractivity contribution in [2.45, 2.75) is 6.92 Å². The average molecular weight is 382 g/mol. The van der Waals surface area contributed by atoms with E-state index in [4.69, 9.17) is 5.73 Å². The topological polar surface area (TPSA) is 96.3 Å². The highest BCUT2D eigenvalue weighted by Gasteiger charge is 2.23. The Morgan fingerprint density at radius 2 is 1.90 bits per heavy atom. The summed E-state index contributed by atoms with van der Waals surface area (Å²) < 4.78 is 15.0. The van der Waals surface area contributed by atoms with Gasteiger partial charge in [0.1, 0.15) is 23.3 Å². The van der Waals surface area contributed by atoms with Crippen molar-refractivity contribution in [2.75, 3.05) is 5.73 Å². The molecule has 0 aliphatic heterocycles. The molecule has 3 aromatic heterocycles. The lowest BCUT2D eigenvalue weighted by molar-refractivity contribution is 0.627. The van der Waals surface area contributed by atoms with Gasteiger partial charge in [-0.3, -0.25) is 0 Å². The molecule has 140 valence electrons. The lowest BCUT2D eigenvalue weighted by atomic mass is 9.96. The molecule has 6 nitrogen and oxygen atoms in total. The van der Waals surface area contributed by atoms with Crippen molar-refractivity contribution in [3.63, 3.8) is 0 Å². The highest BCUT2D eigenvalue weighted by Crippen LogP contribution is 2.39. The van der Waals surface area contributed by atoms with Gasteiger partial charge in [-0.15, -0.1) is 0 Å². The van der Waals surface area contributed by atoms with Crippen LogP contribution in [0.15, 0.2) is 54.7 Å². The minimum atomic E-state index is -0.333. The quantitative estimate of drug-likeness (QED) is 0.471. The highest BCUT2D eigenvalue weighted by atomic mass is 19.1. The van der Waals surface area contributed by atoms with Crippen LogP contribution in [-0.2, 0) is 0 Å². The summed E-state index contributed by atoms with van der Waals surface area (Å²) in [4.78, 5) is 7.72. The monoisotopic (exact) mass is 382 g/mol. The number of nitrogen functional groups attached to an aromatic ring is 1. The van der Waals surface area contributed by atoms with Gasteiger partial charge in [-0.25, -0.2) is 14.1 Å². The lowest BCUT2D eigenvalue weighted by Gasteiger charge is -2.09. The predicted octanol–water partition coefficient (Wildman–Crippen LogP) is 4.47. The van der Waals surface area contributed by atoms with Crippen LogP contribution in [0.1, 0.15) is 11.3 Å². The number of benzene rings is 2. The van der Waals surface area contributed by atoms with Gasteiger partial charge in [-0.05, 0) is 37.3 Å². The fourth-order valence-corrected chi connectivity index (χ4v) is 3.76.